The van der Waals surface area contributed by atoms with E-state index in [1.54, 1.807) is 18.4 Å². The van der Waals surface area contributed by atoms with Crippen molar-refractivity contribution in [1.82, 2.24) is 4.90 Å². The third-order valence-electron chi connectivity index (χ3n) is 1.86. The predicted octanol–water partition coefficient (Wildman–Crippen LogP) is 1.51. The van der Waals surface area contributed by atoms with Gasteiger partial charge in [0.25, 0.3) is 0 Å². The average Bonchev–Trinajstić information content (AvgIpc) is 2.65. The van der Waals surface area contributed by atoms with Gasteiger partial charge in [0.15, 0.2) is 5.96 Å². The van der Waals surface area contributed by atoms with E-state index in [0.29, 0.717) is 5.96 Å². The van der Waals surface area contributed by atoms with Crippen molar-refractivity contribution in [2.75, 3.05) is 13.6 Å². The van der Waals surface area contributed by atoms with E-state index in [-0.39, 0.29) is 0 Å². The first-order valence-electron chi connectivity index (χ1n) is 4.27. The Morgan fingerprint density at radius 3 is 2.92 bits per heavy atom. The maximum atomic E-state index is 5.72. The van der Waals surface area contributed by atoms with Crippen LogP contribution in [-0.2, 0) is 6.54 Å². The summed E-state index contributed by atoms with van der Waals surface area (Å²) in [5.74, 6) is 0.607. The van der Waals surface area contributed by atoms with Crippen LogP contribution in [0, 0.1) is 0 Å². The maximum absolute atomic E-state index is 5.72. The van der Waals surface area contributed by atoms with E-state index in [2.05, 4.69) is 23.4 Å². The van der Waals surface area contributed by atoms with Crippen molar-refractivity contribution in [3.8, 4) is 0 Å². The van der Waals surface area contributed by atoms with Crippen molar-refractivity contribution in [2.45, 2.75) is 13.5 Å². The van der Waals surface area contributed by atoms with Crippen LogP contribution < -0.4 is 5.73 Å². The summed E-state index contributed by atoms with van der Waals surface area (Å²) >= 11 is 1.74. The van der Waals surface area contributed by atoms with E-state index in [4.69, 9.17) is 5.73 Å². The molecule has 1 rings (SSSR count). The lowest BCUT2D eigenvalue weighted by molar-refractivity contribution is 0.434. The van der Waals surface area contributed by atoms with Crippen LogP contribution in [0.2, 0.25) is 0 Å². The predicted molar refractivity (Wildman–Crippen MR) is 57.9 cm³/mol. The van der Waals surface area contributed by atoms with Gasteiger partial charge in [0.1, 0.15) is 0 Å². The normalized spacial score (nSPS) is 11.7. The largest absolute Gasteiger partial charge is 0.370 e. The molecule has 0 aliphatic rings. The third kappa shape index (κ3) is 2.73. The van der Waals surface area contributed by atoms with E-state index < -0.39 is 0 Å². The molecule has 1 heterocycles. The molecule has 0 unspecified atom stereocenters. The smallest absolute Gasteiger partial charge is 0.191 e. The van der Waals surface area contributed by atoms with Crippen LogP contribution in [0.5, 0.6) is 0 Å². The number of hydrogen-bond donors (Lipinski definition) is 1. The van der Waals surface area contributed by atoms with E-state index in [1.165, 1.54) is 4.88 Å². The highest BCUT2D eigenvalue weighted by atomic mass is 32.1. The lowest BCUT2D eigenvalue weighted by atomic mass is 10.4. The number of hydrogen-bond acceptors (Lipinski definition) is 2. The molecule has 1 aromatic heterocycles. The Hall–Kier alpha value is -1.03. The zero-order chi connectivity index (χ0) is 9.68. The Balaban J connectivity index is 2.60. The molecule has 1 aromatic rings. The van der Waals surface area contributed by atoms with Gasteiger partial charge in [-0.2, -0.15) is 0 Å². The minimum Gasteiger partial charge on any atom is -0.370 e. The number of aliphatic imine (C=N–C) groups is 1. The van der Waals surface area contributed by atoms with Crippen molar-refractivity contribution in [3.05, 3.63) is 22.4 Å². The SMILES string of the molecule is CCN(Cc1cccs1)C(N)=NC. The van der Waals surface area contributed by atoms with Gasteiger partial charge in [-0.3, -0.25) is 4.99 Å². The summed E-state index contributed by atoms with van der Waals surface area (Å²) in [4.78, 5) is 7.33. The topological polar surface area (TPSA) is 41.6 Å². The van der Waals surface area contributed by atoms with Crippen LogP contribution >= 0.6 is 11.3 Å². The standard InChI is InChI=1S/C9H15N3S/c1-3-12(9(10)11-2)7-8-5-4-6-13-8/h4-6H,3,7H2,1-2H3,(H2,10,11). The molecule has 0 aromatic carbocycles. The van der Waals surface area contributed by atoms with Crippen LogP contribution in [0.3, 0.4) is 0 Å². The second-order valence-corrected chi connectivity index (χ2v) is 3.71. The molecule has 72 valence electrons. The van der Waals surface area contributed by atoms with Gasteiger partial charge in [0.2, 0.25) is 0 Å². The highest BCUT2D eigenvalue weighted by Crippen LogP contribution is 2.11. The molecule has 0 amide bonds. The van der Waals surface area contributed by atoms with Crippen molar-refractivity contribution >= 4 is 17.3 Å². The Kier molecular flexibility index (Phi) is 3.76. The van der Waals surface area contributed by atoms with Gasteiger partial charge in [0.05, 0.1) is 6.54 Å². The Morgan fingerprint density at radius 2 is 2.46 bits per heavy atom. The van der Waals surface area contributed by atoms with E-state index >= 15 is 0 Å². The molecule has 4 heteroatoms. The van der Waals surface area contributed by atoms with Crippen LogP contribution in [-0.4, -0.2) is 24.5 Å². The lowest BCUT2D eigenvalue weighted by Crippen LogP contribution is -2.36. The minimum atomic E-state index is 0.607. The third-order valence-corrected chi connectivity index (χ3v) is 2.72. The van der Waals surface area contributed by atoms with Crippen molar-refractivity contribution in [1.29, 1.82) is 0 Å². The molecule has 0 aliphatic carbocycles. The molecule has 0 spiro atoms. The van der Waals surface area contributed by atoms with Crippen LogP contribution in [0.4, 0.5) is 0 Å². The van der Waals surface area contributed by atoms with E-state index in [0.717, 1.165) is 13.1 Å². The van der Waals surface area contributed by atoms with Gasteiger partial charge in [-0.05, 0) is 18.4 Å². The summed E-state index contributed by atoms with van der Waals surface area (Å²) in [5.41, 5.74) is 5.72. The first-order valence-corrected chi connectivity index (χ1v) is 5.15. The molecular weight excluding hydrogens is 182 g/mol. The summed E-state index contributed by atoms with van der Waals surface area (Å²) in [7, 11) is 1.71. The summed E-state index contributed by atoms with van der Waals surface area (Å²) in [5, 5.41) is 2.07. The summed E-state index contributed by atoms with van der Waals surface area (Å²) in [6, 6.07) is 4.16. The molecule has 0 radical (unpaired) electrons. The highest BCUT2D eigenvalue weighted by Gasteiger charge is 2.05. The van der Waals surface area contributed by atoms with Crippen molar-refractivity contribution in [3.63, 3.8) is 0 Å². The molecule has 0 atom stereocenters. The Morgan fingerprint density at radius 1 is 1.69 bits per heavy atom. The van der Waals surface area contributed by atoms with Crippen molar-refractivity contribution < 1.29 is 0 Å². The fourth-order valence-corrected chi connectivity index (χ4v) is 1.81. The molecule has 3 nitrogen and oxygen atoms in total. The quantitative estimate of drug-likeness (QED) is 0.589. The van der Waals surface area contributed by atoms with Gasteiger partial charge in [-0.1, -0.05) is 6.07 Å². The lowest BCUT2D eigenvalue weighted by Gasteiger charge is -2.20. The second kappa shape index (κ2) is 4.87. The highest BCUT2D eigenvalue weighted by molar-refractivity contribution is 7.09. The molecule has 0 aliphatic heterocycles. The number of nitrogens with zero attached hydrogens (tertiary/aromatic N) is 2. The summed E-state index contributed by atoms with van der Waals surface area (Å²) < 4.78 is 0. The van der Waals surface area contributed by atoms with Gasteiger partial charge in [-0.25, -0.2) is 0 Å². The van der Waals surface area contributed by atoms with Gasteiger partial charge >= 0.3 is 0 Å². The van der Waals surface area contributed by atoms with Crippen LogP contribution in [0.15, 0.2) is 22.5 Å². The zero-order valence-corrected chi connectivity index (χ0v) is 8.84. The first kappa shape index (κ1) is 10.1. The van der Waals surface area contributed by atoms with Gasteiger partial charge in [0, 0.05) is 18.5 Å². The van der Waals surface area contributed by atoms with Crippen molar-refractivity contribution in [2.24, 2.45) is 10.7 Å². The molecule has 0 saturated heterocycles. The minimum absolute atomic E-state index is 0.607. The molecule has 0 fully saturated rings. The molecular formula is C9H15N3S. The van der Waals surface area contributed by atoms with E-state index in [9.17, 15) is 0 Å². The zero-order valence-electron chi connectivity index (χ0n) is 8.03. The Bertz CT molecular complexity index is 266. The average molecular weight is 197 g/mol. The first-order chi connectivity index (χ1) is 6.27. The number of nitrogens with two attached hydrogens (primary N) is 1. The number of thiophene rings is 1. The number of guanidine groups is 1. The summed E-state index contributed by atoms with van der Waals surface area (Å²) in [6.07, 6.45) is 0. The van der Waals surface area contributed by atoms with Gasteiger partial charge < -0.3 is 10.6 Å². The molecule has 2 N–H and O–H groups in total. The maximum Gasteiger partial charge on any atom is 0.191 e. The molecule has 13 heavy (non-hydrogen) atoms. The van der Waals surface area contributed by atoms with Gasteiger partial charge in [-0.15, -0.1) is 11.3 Å². The van der Waals surface area contributed by atoms with E-state index in [1.807, 2.05) is 11.0 Å². The summed E-state index contributed by atoms with van der Waals surface area (Å²) in [6.45, 7) is 3.82. The fourth-order valence-electron chi connectivity index (χ4n) is 1.09. The Labute approximate surface area is 82.9 Å². The fraction of sp³-hybridized carbons (Fsp3) is 0.444. The number of rotatable bonds is 3. The van der Waals surface area contributed by atoms with Crippen LogP contribution in [0.1, 0.15) is 11.8 Å². The second-order valence-electron chi connectivity index (χ2n) is 2.68. The molecule has 0 saturated carbocycles. The molecule has 0 bridgehead atoms. The monoisotopic (exact) mass is 197 g/mol. The van der Waals surface area contributed by atoms with Crippen LogP contribution in [0.25, 0.3) is 0 Å².